The van der Waals surface area contributed by atoms with Gasteiger partial charge in [0, 0.05) is 12.7 Å². The van der Waals surface area contributed by atoms with Gasteiger partial charge >= 0.3 is 6.09 Å². The van der Waals surface area contributed by atoms with Crippen molar-refractivity contribution in [3.05, 3.63) is 24.0 Å². The molecule has 6 heteroatoms. The number of carbonyl (C=O) groups is 1. The van der Waals surface area contributed by atoms with Crippen LogP contribution in [0.1, 0.15) is 33.4 Å². The number of aliphatic hydroxyl groups excluding tert-OH is 1. The third-order valence-corrected chi connectivity index (χ3v) is 2.17. The normalized spacial score (nSPS) is 11.0. The fourth-order valence-corrected chi connectivity index (χ4v) is 1.36. The molecule has 0 bridgehead atoms. The molecule has 0 spiro atoms. The summed E-state index contributed by atoms with van der Waals surface area (Å²) >= 11 is 0. The van der Waals surface area contributed by atoms with E-state index in [2.05, 4.69) is 10.4 Å². The Labute approximate surface area is 113 Å². The SMILES string of the molecule is CCN(Nc1ccnc(CO)c1)C(=O)OC(C)(C)C. The molecule has 1 heterocycles. The van der Waals surface area contributed by atoms with Gasteiger partial charge in [-0.3, -0.25) is 10.4 Å². The number of amides is 1. The van der Waals surface area contributed by atoms with Crippen molar-refractivity contribution in [1.82, 2.24) is 9.99 Å². The third-order valence-electron chi connectivity index (χ3n) is 2.17. The molecule has 0 saturated carbocycles. The topological polar surface area (TPSA) is 74.7 Å². The summed E-state index contributed by atoms with van der Waals surface area (Å²) in [4.78, 5) is 15.9. The number of aromatic nitrogens is 1. The number of rotatable bonds is 4. The maximum atomic E-state index is 11.9. The maximum absolute atomic E-state index is 11.9. The average Bonchev–Trinajstić information content (AvgIpc) is 2.34. The number of carbonyl (C=O) groups excluding carboxylic acids is 1. The van der Waals surface area contributed by atoms with Crippen molar-refractivity contribution < 1.29 is 14.6 Å². The van der Waals surface area contributed by atoms with Crippen molar-refractivity contribution in [1.29, 1.82) is 0 Å². The highest BCUT2D eigenvalue weighted by atomic mass is 16.6. The first-order valence-corrected chi connectivity index (χ1v) is 6.18. The Kier molecular flexibility index (Phi) is 5.11. The van der Waals surface area contributed by atoms with Crippen molar-refractivity contribution in [2.24, 2.45) is 0 Å². The second-order valence-corrected chi connectivity index (χ2v) is 5.03. The molecule has 1 aromatic heterocycles. The summed E-state index contributed by atoms with van der Waals surface area (Å²) in [6.07, 6.45) is 1.12. The zero-order valence-corrected chi connectivity index (χ0v) is 11.8. The van der Waals surface area contributed by atoms with Gasteiger partial charge < -0.3 is 9.84 Å². The molecule has 0 unspecified atom stereocenters. The molecule has 2 N–H and O–H groups in total. The van der Waals surface area contributed by atoms with Crippen LogP contribution in [0.3, 0.4) is 0 Å². The number of hydrazine groups is 1. The van der Waals surface area contributed by atoms with Gasteiger partial charge in [0.2, 0.25) is 0 Å². The minimum atomic E-state index is -0.541. The van der Waals surface area contributed by atoms with Gasteiger partial charge in [0.1, 0.15) is 5.60 Å². The lowest BCUT2D eigenvalue weighted by Crippen LogP contribution is -2.40. The molecular weight excluding hydrogens is 246 g/mol. The van der Waals surface area contributed by atoms with E-state index in [1.165, 1.54) is 5.01 Å². The lowest BCUT2D eigenvalue weighted by Gasteiger charge is -2.27. The first-order chi connectivity index (χ1) is 8.85. The van der Waals surface area contributed by atoms with Crippen LogP contribution in [0.25, 0.3) is 0 Å². The number of anilines is 1. The number of ether oxygens (including phenoxy) is 1. The van der Waals surface area contributed by atoms with E-state index in [0.29, 0.717) is 17.9 Å². The van der Waals surface area contributed by atoms with E-state index in [9.17, 15) is 4.79 Å². The standard InChI is InChI=1S/C13H21N3O3/c1-5-16(12(18)19-13(2,3)4)15-10-6-7-14-11(8-10)9-17/h6-8,17H,5,9H2,1-4H3,(H,14,15). The van der Waals surface area contributed by atoms with E-state index in [0.717, 1.165) is 0 Å². The Balaban J connectivity index is 2.73. The van der Waals surface area contributed by atoms with Gasteiger partial charge in [-0.15, -0.1) is 0 Å². The largest absolute Gasteiger partial charge is 0.442 e. The highest BCUT2D eigenvalue weighted by molar-refractivity contribution is 5.70. The van der Waals surface area contributed by atoms with Gasteiger partial charge in [-0.25, -0.2) is 9.80 Å². The molecule has 106 valence electrons. The smallest absolute Gasteiger partial charge is 0.429 e. The molecule has 1 amide bonds. The third kappa shape index (κ3) is 5.13. The predicted molar refractivity (Wildman–Crippen MR) is 72.4 cm³/mol. The molecule has 0 radical (unpaired) electrons. The lowest BCUT2D eigenvalue weighted by atomic mass is 10.2. The van der Waals surface area contributed by atoms with Gasteiger partial charge in [0.05, 0.1) is 18.0 Å². The maximum Gasteiger partial charge on any atom is 0.429 e. The molecule has 1 aromatic rings. The molecule has 6 nitrogen and oxygen atoms in total. The van der Waals surface area contributed by atoms with Gasteiger partial charge in [-0.1, -0.05) is 0 Å². The monoisotopic (exact) mass is 267 g/mol. The number of nitrogens with one attached hydrogen (secondary N) is 1. The summed E-state index contributed by atoms with van der Waals surface area (Å²) in [5.74, 6) is 0. The number of hydrogen-bond donors (Lipinski definition) is 2. The quantitative estimate of drug-likeness (QED) is 0.818. The molecule has 0 aliphatic rings. The summed E-state index contributed by atoms with van der Waals surface area (Å²) in [6.45, 7) is 7.59. The van der Waals surface area contributed by atoms with Gasteiger partial charge in [0.15, 0.2) is 0 Å². The molecule has 1 rings (SSSR count). The Morgan fingerprint density at radius 3 is 2.74 bits per heavy atom. The molecule has 0 aromatic carbocycles. The molecule has 0 aliphatic heterocycles. The van der Waals surface area contributed by atoms with E-state index in [1.54, 1.807) is 18.3 Å². The highest BCUT2D eigenvalue weighted by Gasteiger charge is 2.21. The Hall–Kier alpha value is -1.82. The minimum Gasteiger partial charge on any atom is -0.442 e. The summed E-state index contributed by atoms with van der Waals surface area (Å²) in [6, 6.07) is 3.39. The van der Waals surface area contributed by atoms with Crippen LogP contribution in [0.2, 0.25) is 0 Å². The second kappa shape index (κ2) is 6.38. The van der Waals surface area contributed by atoms with E-state index >= 15 is 0 Å². The minimum absolute atomic E-state index is 0.145. The highest BCUT2D eigenvalue weighted by Crippen LogP contribution is 2.13. The summed E-state index contributed by atoms with van der Waals surface area (Å²) in [5.41, 5.74) is 3.60. The summed E-state index contributed by atoms with van der Waals surface area (Å²) < 4.78 is 5.28. The number of nitrogens with zero attached hydrogens (tertiary/aromatic N) is 2. The van der Waals surface area contributed by atoms with Crippen molar-refractivity contribution >= 4 is 11.8 Å². The van der Waals surface area contributed by atoms with Crippen molar-refractivity contribution in [2.75, 3.05) is 12.0 Å². The van der Waals surface area contributed by atoms with Crippen molar-refractivity contribution in [2.45, 2.75) is 39.9 Å². The Morgan fingerprint density at radius 1 is 1.53 bits per heavy atom. The molecular formula is C13H21N3O3. The summed E-state index contributed by atoms with van der Waals surface area (Å²) in [5, 5.41) is 10.4. The Morgan fingerprint density at radius 2 is 2.21 bits per heavy atom. The van der Waals surface area contributed by atoms with E-state index < -0.39 is 11.7 Å². The molecule has 0 atom stereocenters. The zero-order valence-electron chi connectivity index (χ0n) is 11.8. The van der Waals surface area contributed by atoms with E-state index in [1.807, 2.05) is 27.7 Å². The molecule has 19 heavy (non-hydrogen) atoms. The number of hydrogen-bond acceptors (Lipinski definition) is 5. The van der Waals surface area contributed by atoms with Crippen LogP contribution >= 0.6 is 0 Å². The van der Waals surface area contributed by atoms with Crippen LogP contribution in [0, 0.1) is 0 Å². The van der Waals surface area contributed by atoms with Crippen LogP contribution in [-0.4, -0.2) is 33.3 Å². The van der Waals surface area contributed by atoms with Crippen LogP contribution in [0.15, 0.2) is 18.3 Å². The number of aliphatic hydroxyl groups is 1. The van der Waals surface area contributed by atoms with Crippen LogP contribution in [-0.2, 0) is 11.3 Å². The average molecular weight is 267 g/mol. The van der Waals surface area contributed by atoms with Gasteiger partial charge in [-0.05, 0) is 39.8 Å². The van der Waals surface area contributed by atoms with Gasteiger partial charge in [0.25, 0.3) is 0 Å². The van der Waals surface area contributed by atoms with Crippen molar-refractivity contribution in [3.8, 4) is 0 Å². The van der Waals surface area contributed by atoms with Gasteiger partial charge in [-0.2, -0.15) is 0 Å². The fourth-order valence-electron chi connectivity index (χ4n) is 1.36. The fraction of sp³-hybridized carbons (Fsp3) is 0.538. The Bertz CT molecular complexity index is 429. The summed E-state index contributed by atoms with van der Waals surface area (Å²) in [7, 11) is 0. The van der Waals surface area contributed by atoms with E-state index in [4.69, 9.17) is 9.84 Å². The predicted octanol–water partition coefficient (Wildman–Crippen LogP) is 2.16. The first kappa shape index (κ1) is 15.2. The van der Waals surface area contributed by atoms with Crippen LogP contribution < -0.4 is 5.43 Å². The second-order valence-electron chi connectivity index (χ2n) is 5.03. The number of pyridine rings is 1. The lowest BCUT2D eigenvalue weighted by molar-refractivity contribution is 0.0306. The zero-order chi connectivity index (χ0) is 14.5. The molecule has 0 saturated heterocycles. The van der Waals surface area contributed by atoms with Crippen LogP contribution in [0.4, 0.5) is 10.5 Å². The van der Waals surface area contributed by atoms with Crippen LogP contribution in [0.5, 0.6) is 0 Å². The molecule has 0 aliphatic carbocycles. The molecule has 0 fully saturated rings. The first-order valence-electron chi connectivity index (χ1n) is 6.18. The van der Waals surface area contributed by atoms with E-state index in [-0.39, 0.29) is 6.61 Å². The van der Waals surface area contributed by atoms with Crippen molar-refractivity contribution in [3.63, 3.8) is 0 Å².